The van der Waals surface area contributed by atoms with E-state index in [0.717, 1.165) is 20.3 Å². The maximum atomic E-state index is 13.6. The van der Waals surface area contributed by atoms with E-state index in [2.05, 4.69) is 5.32 Å². The molecule has 0 aliphatic rings. The van der Waals surface area contributed by atoms with Gasteiger partial charge in [-0.1, -0.05) is 54.1 Å². The Hall–Kier alpha value is -2.52. The lowest BCUT2D eigenvalue weighted by atomic mass is 10.1. The van der Waals surface area contributed by atoms with Gasteiger partial charge in [-0.05, 0) is 54.6 Å². The lowest BCUT2D eigenvalue weighted by Gasteiger charge is -2.24. The van der Waals surface area contributed by atoms with Crippen LogP contribution in [-0.2, 0) is 21.4 Å². The van der Waals surface area contributed by atoms with E-state index < -0.39 is 15.9 Å². The number of nitrogens with zero attached hydrogens (tertiary/aromatic N) is 1. The van der Waals surface area contributed by atoms with Crippen LogP contribution in [0.4, 0.5) is 0 Å². The molecule has 0 aromatic heterocycles. The molecule has 0 bridgehead atoms. The zero-order valence-electron chi connectivity index (χ0n) is 19.2. The van der Waals surface area contributed by atoms with Crippen LogP contribution in [0.5, 0.6) is 5.75 Å². The molecule has 0 spiro atoms. The summed E-state index contributed by atoms with van der Waals surface area (Å²) in [5, 5.41) is 3.16. The van der Waals surface area contributed by atoms with Crippen LogP contribution in [0.1, 0.15) is 24.1 Å². The second kappa shape index (κ2) is 11.8. The minimum absolute atomic E-state index is 0.0169. The van der Waals surface area contributed by atoms with Crippen molar-refractivity contribution in [2.24, 2.45) is 0 Å². The first-order valence-electron chi connectivity index (χ1n) is 10.6. The van der Waals surface area contributed by atoms with Gasteiger partial charge in [-0.3, -0.25) is 4.79 Å². The first-order chi connectivity index (χ1) is 16.2. The van der Waals surface area contributed by atoms with Gasteiger partial charge in [0.15, 0.2) is 0 Å². The highest BCUT2D eigenvalue weighted by molar-refractivity contribution is 7.98. The smallest absolute Gasteiger partial charge is 0.247 e. The molecule has 3 aromatic carbocycles. The average Bonchev–Trinajstić information content (AvgIpc) is 2.84. The number of halogens is 1. The lowest BCUT2D eigenvalue weighted by molar-refractivity contribution is -0.122. The molecule has 6 nitrogen and oxygen atoms in total. The predicted octanol–water partition coefficient (Wildman–Crippen LogP) is 5.14. The summed E-state index contributed by atoms with van der Waals surface area (Å²) in [4.78, 5) is 14.0. The fourth-order valence-electron chi connectivity index (χ4n) is 3.43. The van der Waals surface area contributed by atoms with E-state index >= 15 is 0 Å². The molecule has 0 heterocycles. The highest BCUT2D eigenvalue weighted by atomic mass is 35.5. The average molecular weight is 519 g/mol. The fraction of sp³-hybridized carbons (Fsp3) is 0.240. The Kier molecular flexibility index (Phi) is 9.02. The molecule has 34 heavy (non-hydrogen) atoms. The largest absolute Gasteiger partial charge is 0.495 e. The van der Waals surface area contributed by atoms with Crippen molar-refractivity contribution in [1.82, 2.24) is 9.62 Å². The standard InChI is InChI=1S/C25H27ClN2O4S2/c1-18(20-9-12-22(33-3)13-10-20)27-25(29)17-28(16-19-7-5-4-6-8-19)34(30,31)24-15-21(26)11-14-23(24)32-2/h4-15,18H,16-17H2,1-3H3,(H,27,29)/t18-/m1/s1. The van der Waals surface area contributed by atoms with Crippen molar-refractivity contribution in [3.63, 3.8) is 0 Å². The van der Waals surface area contributed by atoms with Gasteiger partial charge in [-0.2, -0.15) is 4.31 Å². The monoisotopic (exact) mass is 518 g/mol. The van der Waals surface area contributed by atoms with Crippen molar-refractivity contribution >= 4 is 39.3 Å². The van der Waals surface area contributed by atoms with Gasteiger partial charge < -0.3 is 10.1 Å². The van der Waals surface area contributed by atoms with Crippen LogP contribution < -0.4 is 10.1 Å². The number of sulfonamides is 1. The molecule has 3 rings (SSSR count). The number of thioether (sulfide) groups is 1. The molecule has 0 aliphatic carbocycles. The van der Waals surface area contributed by atoms with Gasteiger partial charge in [0, 0.05) is 16.5 Å². The number of carbonyl (C=O) groups is 1. The fourth-order valence-corrected chi connectivity index (χ4v) is 5.64. The number of nitrogens with one attached hydrogen (secondary N) is 1. The van der Waals surface area contributed by atoms with E-state index in [1.165, 1.54) is 19.2 Å². The Morgan fingerprint density at radius 3 is 2.38 bits per heavy atom. The summed E-state index contributed by atoms with van der Waals surface area (Å²) in [5.41, 5.74) is 1.68. The zero-order valence-corrected chi connectivity index (χ0v) is 21.6. The Labute approximate surface area is 210 Å². The van der Waals surface area contributed by atoms with Crippen molar-refractivity contribution in [3.05, 3.63) is 88.9 Å². The maximum Gasteiger partial charge on any atom is 0.247 e. The van der Waals surface area contributed by atoms with Crippen molar-refractivity contribution in [2.45, 2.75) is 29.3 Å². The molecule has 0 fully saturated rings. The number of amides is 1. The van der Waals surface area contributed by atoms with Gasteiger partial charge in [0.2, 0.25) is 15.9 Å². The SMILES string of the molecule is COc1ccc(Cl)cc1S(=O)(=O)N(CC(=O)N[C@H](C)c1ccc(SC)cc1)Cc1ccccc1. The Morgan fingerprint density at radius 1 is 1.09 bits per heavy atom. The molecule has 9 heteroatoms. The van der Waals surface area contributed by atoms with Gasteiger partial charge in [0.1, 0.15) is 10.6 Å². The summed E-state index contributed by atoms with van der Waals surface area (Å²) in [6, 6.07) is 21.1. The number of ether oxygens (including phenoxy) is 1. The van der Waals surface area contributed by atoms with E-state index in [0.29, 0.717) is 0 Å². The minimum Gasteiger partial charge on any atom is -0.495 e. The molecule has 1 amide bonds. The lowest BCUT2D eigenvalue weighted by Crippen LogP contribution is -2.41. The summed E-state index contributed by atoms with van der Waals surface area (Å²) in [7, 11) is -2.72. The van der Waals surface area contributed by atoms with Crippen molar-refractivity contribution in [3.8, 4) is 5.75 Å². The molecule has 180 valence electrons. The number of methoxy groups -OCH3 is 1. The molecule has 0 aliphatic heterocycles. The summed E-state index contributed by atoms with van der Waals surface area (Å²) in [6.45, 7) is 1.52. The van der Waals surface area contributed by atoms with Gasteiger partial charge >= 0.3 is 0 Å². The third-order valence-corrected chi connectivity index (χ3v) is 8.05. The molecule has 0 radical (unpaired) electrons. The quantitative estimate of drug-likeness (QED) is 0.376. The molecule has 1 N–H and O–H groups in total. The third-order valence-electron chi connectivity index (χ3n) is 5.26. The van der Waals surface area contributed by atoms with E-state index in [1.807, 2.05) is 67.8 Å². The molecule has 3 aromatic rings. The molecular formula is C25H27ClN2O4S2. The summed E-state index contributed by atoms with van der Waals surface area (Å²) >= 11 is 7.73. The zero-order chi connectivity index (χ0) is 24.7. The Bertz CT molecular complexity index is 1220. The van der Waals surface area contributed by atoms with Crippen LogP contribution in [0, 0.1) is 0 Å². The number of carbonyl (C=O) groups excluding carboxylic acids is 1. The molecular weight excluding hydrogens is 492 g/mol. The molecule has 0 saturated carbocycles. The normalized spacial score (nSPS) is 12.4. The van der Waals surface area contributed by atoms with Crippen LogP contribution in [0.2, 0.25) is 5.02 Å². The predicted molar refractivity (Wildman–Crippen MR) is 137 cm³/mol. The van der Waals surface area contributed by atoms with E-state index in [9.17, 15) is 13.2 Å². The van der Waals surface area contributed by atoms with Gasteiger partial charge in [-0.15, -0.1) is 11.8 Å². The van der Waals surface area contributed by atoms with Gasteiger partial charge in [0.25, 0.3) is 0 Å². The van der Waals surface area contributed by atoms with Crippen molar-refractivity contribution in [1.29, 1.82) is 0 Å². The van der Waals surface area contributed by atoms with E-state index in [1.54, 1.807) is 17.8 Å². The summed E-state index contributed by atoms with van der Waals surface area (Å²) < 4.78 is 33.7. The van der Waals surface area contributed by atoms with E-state index in [-0.39, 0.29) is 34.8 Å². The second-order valence-corrected chi connectivity index (χ2v) is 10.8. The number of benzene rings is 3. The highest BCUT2D eigenvalue weighted by Crippen LogP contribution is 2.30. The number of rotatable bonds is 10. The first-order valence-corrected chi connectivity index (χ1v) is 13.6. The van der Waals surface area contributed by atoms with Crippen LogP contribution in [0.25, 0.3) is 0 Å². The van der Waals surface area contributed by atoms with Crippen molar-refractivity contribution in [2.75, 3.05) is 19.9 Å². The summed E-state index contributed by atoms with van der Waals surface area (Å²) in [6.07, 6.45) is 2.00. The summed E-state index contributed by atoms with van der Waals surface area (Å²) in [5.74, 6) is -0.257. The second-order valence-electron chi connectivity index (χ2n) is 7.62. The van der Waals surface area contributed by atoms with Crippen LogP contribution in [0.3, 0.4) is 0 Å². The topological polar surface area (TPSA) is 75.7 Å². The van der Waals surface area contributed by atoms with Gasteiger partial charge in [0.05, 0.1) is 19.7 Å². The minimum atomic E-state index is -4.11. The van der Waals surface area contributed by atoms with Crippen LogP contribution >= 0.6 is 23.4 Å². The van der Waals surface area contributed by atoms with E-state index in [4.69, 9.17) is 16.3 Å². The molecule has 0 unspecified atom stereocenters. The Balaban J connectivity index is 1.87. The van der Waals surface area contributed by atoms with Gasteiger partial charge in [-0.25, -0.2) is 8.42 Å². The number of hydrogen-bond acceptors (Lipinski definition) is 5. The molecule has 0 saturated heterocycles. The van der Waals surface area contributed by atoms with Crippen molar-refractivity contribution < 1.29 is 17.9 Å². The number of hydrogen-bond donors (Lipinski definition) is 1. The van der Waals surface area contributed by atoms with Crippen LogP contribution in [-0.4, -0.2) is 38.5 Å². The Morgan fingerprint density at radius 2 is 1.76 bits per heavy atom. The highest BCUT2D eigenvalue weighted by Gasteiger charge is 2.30. The molecule has 1 atom stereocenters. The maximum absolute atomic E-state index is 13.6. The van der Waals surface area contributed by atoms with Crippen LogP contribution in [0.15, 0.2) is 82.6 Å². The third kappa shape index (κ3) is 6.54. The first kappa shape index (κ1) is 26.1.